The Labute approximate surface area is 176 Å². The molecule has 2 aromatic heterocycles. The molecule has 3 rings (SSSR count). The average Bonchev–Trinajstić information content (AvgIpc) is 3.29. The van der Waals surface area contributed by atoms with E-state index in [1.165, 1.54) is 0 Å². The molecule has 9 heteroatoms. The van der Waals surface area contributed by atoms with Crippen molar-refractivity contribution in [2.45, 2.75) is 19.9 Å². The topological polar surface area (TPSA) is 101 Å². The van der Waals surface area contributed by atoms with Gasteiger partial charge >= 0.3 is 0 Å². The minimum Gasteiger partial charge on any atom is -0.396 e. The summed E-state index contributed by atoms with van der Waals surface area (Å²) in [7, 11) is 1.78. The van der Waals surface area contributed by atoms with Crippen LogP contribution in [-0.2, 0) is 18.3 Å². The lowest BCUT2D eigenvalue weighted by Crippen LogP contribution is -2.41. The Morgan fingerprint density at radius 3 is 2.60 bits per heavy atom. The summed E-state index contributed by atoms with van der Waals surface area (Å²) in [5, 5.41) is 14.9. The number of aryl methyl sites for hydroxylation is 3. The number of hydrogen-bond donors (Lipinski definition) is 3. The van der Waals surface area contributed by atoms with E-state index in [0.29, 0.717) is 36.6 Å². The molecular formula is C21H31N5O4. The number of carbonyl (C=O) groups is 2. The van der Waals surface area contributed by atoms with Gasteiger partial charge < -0.3 is 29.6 Å². The summed E-state index contributed by atoms with van der Waals surface area (Å²) in [6.45, 7) is 7.14. The summed E-state index contributed by atoms with van der Waals surface area (Å²) in [5.41, 5.74) is 2.56. The highest BCUT2D eigenvalue weighted by Crippen LogP contribution is 2.16. The zero-order valence-corrected chi connectivity index (χ0v) is 17.7. The van der Waals surface area contributed by atoms with Crippen molar-refractivity contribution in [3.8, 4) is 0 Å². The quantitative estimate of drug-likeness (QED) is 0.561. The molecule has 164 valence electrons. The van der Waals surface area contributed by atoms with E-state index in [2.05, 4.69) is 15.5 Å². The predicted octanol–water partition coefficient (Wildman–Crippen LogP) is 0.832. The molecule has 0 unspecified atom stereocenters. The molecule has 9 nitrogen and oxygen atoms in total. The van der Waals surface area contributed by atoms with Crippen LogP contribution in [0, 0.1) is 6.92 Å². The maximum absolute atomic E-state index is 12.7. The van der Waals surface area contributed by atoms with Gasteiger partial charge in [0.2, 0.25) is 0 Å². The maximum atomic E-state index is 12.7. The van der Waals surface area contributed by atoms with Crippen LogP contribution in [0.15, 0.2) is 24.5 Å². The Bertz CT molecular complexity index is 867. The number of aliphatic hydroxyl groups is 1. The van der Waals surface area contributed by atoms with Crippen LogP contribution in [-0.4, -0.2) is 77.0 Å². The van der Waals surface area contributed by atoms with E-state index < -0.39 is 0 Å². The number of anilines is 1. The Balaban J connectivity index is 1.57. The number of nitrogens with one attached hydrogen (secondary N) is 2. The first-order chi connectivity index (χ1) is 14.5. The molecule has 0 saturated carbocycles. The Kier molecular flexibility index (Phi) is 7.67. The highest BCUT2D eigenvalue weighted by molar-refractivity contribution is 6.04. The van der Waals surface area contributed by atoms with Crippen LogP contribution >= 0.6 is 0 Å². The first kappa shape index (κ1) is 22.1. The van der Waals surface area contributed by atoms with Crippen molar-refractivity contribution in [2.75, 3.05) is 51.3 Å². The van der Waals surface area contributed by atoms with E-state index in [-0.39, 0.29) is 18.4 Å². The second kappa shape index (κ2) is 10.4. The van der Waals surface area contributed by atoms with Crippen molar-refractivity contribution in [3.63, 3.8) is 0 Å². The largest absolute Gasteiger partial charge is 0.396 e. The van der Waals surface area contributed by atoms with Gasteiger partial charge in [-0.1, -0.05) is 0 Å². The number of rotatable bonds is 9. The normalized spacial score (nSPS) is 14.6. The highest BCUT2D eigenvalue weighted by Gasteiger charge is 2.17. The third-order valence-electron chi connectivity index (χ3n) is 5.14. The Hall–Kier alpha value is -2.62. The number of aromatic nitrogens is 2. The number of morpholine rings is 1. The van der Waals surface area contributed by atoms with E-state index in [1.54, 1.807) is 23.9 Å². The first-order valence-electron chi connectivity index (χ1n) is 10.3. The molecule has 1 fully saturated rings. The van der Waals surface area contributed by atoms with Crippen molar-refractivity contribution >= 4 is 17.5 Å². The van der Waals surface area contributed by atoms with E-state index in [1.807, 2.05) is 23.8 Å². The fourth-order valence-corrected chi connectivity index (χ4v) is 3.57. The fourth-order valence-electron chi connectivity index (χ4n) is 3.57. The highest BCUT2D eigenvalue weighted by atomic mass is 16.5. The molecule has 1 aliphatic rings. The first-order valence-corrected chi connectivity index (χ1v) is 10.3. The molecule has 1 saturated heterocycles. The number of carbonyl (C=O) groups excluding carboxylic acids is 2. The van der Waals surface area contributed by atoms with E-state index in [9.17, 15) is 9.59 Å². The van der Waals surface area contributed by atoms with Crippen LogP contribution < -0.4 is 10.6 Å². The Morgan fingerprint density at radius 1 is 1.10 bits per heavy atom. The summed E-state index contributed by atoms with van der Waals surface area (Å²) in [6.07, 6.45) is 4.19. The predicted molar refractivity (Wildman–Crippen MR) is 114 cm³/mol. The molecule has 0 aliphatic carbocycles. The molecule has 2 aromatic rings. The van der Waals surface area contributed by atoms with Gasteiger partial charge in [-0.25, -0.2) is 0 Å². The summed E-state index contributed by atoms with van der Waals surface area (Å²) < 4.78 is 8.87. The third-order valence-corrected chi connectivity index (χ3v) is 5.14. The molecule has 30 heavy (non-hydrogen) atoms. The minimum absolute atomic E-state index is 0.0704. The molecule has 3 N–H and O–H groups in total. The molecule has 3 heterocycles. The zero-order chi connectivity index (χ0) is 21.5. The van der Waals surface area contributed by atoms with Gasteiger partial charge in [-0.3, -0.25) is 14.5 Å². The van der Waals surface area contributed by atoms with Crippen LogP contribution in [0.5, 0.6) is 0 Å². The lowest BCUT2D eigenvalue weighted by atomic mass is 10.3. The molecule has 0 aromatic carbocycles. The number of amides is 2. The summed E-state index contributed by atoms with van der Waals surface area (Å²) in [6, 6.07) is 3.49. The monoisotopic (exact) mass is 417 g/mol. The van der Waals surface area contributed by atoms with Crippen molar-refractivity contribution in [1.82, 2.24) is 19.4 Å². The number of nitrogens with zero attached hydrogens (tertiary/aromatic N) is 3. The zero-order valence-electron chi connectivity index (χ0n) is 17.7. The van der Waals surface area contributed by atoms with Gasteiger partial charge in [0, 0.05) is 58.8 Å². The third kappa shape index (κ3) is 5.71. The summed E-state index contributed by atoms with van der Waals surface area (Å²) in [4.78, 5) is 27.5. The van der Waals surface area contributed by atoms with Crippen molar-refractivity contribution < 1.29 is 19.4 Å². The van der Waals surface area contributed by atoms with Gasteiger partial charge in [0.1, 0.15) is 11.4 Å². The van der Waals surface area contributed by atoms with Crippen LogP contribution in [0.25, 0.3) is 0 Å². The van der Waals surface area contributed by atoms with Gasteiger partial charge in [0.15, 0.2) is 0 Å². The second-order valence-corrected chi connectivity index (χ2v) is 7.56. The summed E-state index contributed by atoms with van der Waals surface area (Å²) in [5.74, 6) is -0.417. The van der Waals surface area contributed by atoms with Crippen LogP contribution in [0.4, 0.5) is 5.69 Å². The number of hydrogen-bond acceptors (Lipinski definition) is 5. The molecule has 0 radical (unpaired) electrons. The average molecular weight is 418 g/mol. The lowest BCUT2D eigenvalue weighted by molar-refractivity contribution is 0.0383. The number of ether oxygens (including phenoxy) is 1. The van der Waals surface area contributed by atoms with Gasteiger partial charge in [0.25, 0.3) is 11.8 Å². The molecule has 0 atom stereocenters. The van der Waals surface area contributed by atoms with Gasteiger partial charge in [-0.05, 0) is 31.0 Å². The molecule has 0 bridgehead atoms. The van der Waals surface area contributed by atoms with Gasteiger partial charge in [-0.2, -0.15) is 0 Å². The standard InChI is InChI=1S/C21H31N5O4/c1-16-12-19(26(14-16)5-3-9-27)21(29)23-17-13-18(24(2)15-17)20(28)22-4-6-25-7-10-30-11-8-25/h12-15,27H,3-11H2,1-2H3,(H,22,28)(H,23,29). The van der Waals surface area contributed by atoms with Crippen molar-refractivity contribution in [1.29, 1.82) is 0 Å². The van der Waals surface area contributed by atoms with Crippen LogP contribution in [0.2, 0.25) is 0 Å². The van der Waals surface area contributed by atoms with Crippen molar-refractivity contribution in [2.24, 2.45) is 7.05 Å². The fraction of sp³-hybridized carbons (Fsp3) is 0.524. The van der Waals surface area contributed by atoms with E-state index in [0.717, 1.165) is 38.4 Å². The molecule has 2 amide bonds. The van der Waals surface area contributed by atoms with Crippen LogP contribution in [0.1, 0.15) is 33.0 Å². The Morgan fingerprint density at radius 2 is 1.87 bits per heavy atom. The number of aliphatic hydroxyl groups excluding tert-OH is 1. The SMILES string of the molecule is Cc1cc(C(=O)Nc2cc(C(=O)NCCN3CCOCC3)n(C)c2)n(CCCO)c1. The van der Waals surface area contributed by atoms with Crippen LogP contribution in [0.3, 0.4) is 0 Å². The van der Waals surface area contributed by atoms with E-state index >= 15 is 0 Å². The minimum atomic E-state index is -0.245. The lowest BCUT2D eigenvalue weighted by Gasteiger charge is -2.26. The van der Waals surface area contributed by atoms with Gasteiger partial charge in [0.05, 0.1) is 18.9 Å². The smallest absolute Gasteiger partial charge is 0.272 e. The van der Waals surface area contributed by atoms with Gasteiger partial charge in [-0.15, -0.1) is 0 Å². The molecular weight excluding hydrogens is 386 g/mol. The van der Waals surface area contributed by atoms with Crippen molar-refractivity contribution in [3.05, 3.63) is 41.5 Å². The van der Waals surface area contributed by atoms with E-state index in [4.69, 9.17) is 9.84 Å². The molecule has 1 aliphatic heterocycles. The molecule has 0 spiro atoms. The second-order valence-electron chi connectivity index (χ2n) is 7.56. The maximum Gasteiger partial charge on any atom is 0.272 e. The summed E-state index contributed by atoms with van der Waals surface area (Å²) >= 11 is 0.